The third kappa shape index (κ3) is 4.68. The Morgan fingerprint density at radius 3 is 2.70 bits per heavy atom. The van der Waals surface area contributed by atoms with Crippen molar-refractivity contribution in [2.45, 2.75) is 13.3 Å². The van der Waals surface area contributed by atoms with Gasteiger partial charge in [0.15, 0.2) is 11.6 Å². The molecule has 0 aliphatic rings. The van der Waals surface area contributed by atoms with E-state index in [2.05, 4.69) is 29.8 Å². The fourth-order valence-corrected chi connectivity index (χ4v) is 4.95. The second-order valence-electron chi connectivity index (χ2n) is 8.09. The predicted molar refractivity (Wildman–Crippen MR) is 132 cm³/mol. The maximum absolute atomic E-state index is 15.2. The molecule has 0 fully saturated rings. The van der Waals surface area contributed by atoms with Crippen molar-refractivity contribution in [3.05, 3.63) is 84.3 Å². The molecular formula is C24H19F2N7O3S. The summed E-state index contributed by atoms with van der Waals surface area (Å²) in [6, 6.07) is 3.44. The van der Waals surface area contributed by atoms with E-state index in [1.165, 1.54) is 23.3 Å². The number of sulfonamides is 1. The summed E-state index contributed by atoms with van der Waals surface area (Å²) in [5.74, 6) is -3.14. The van der Waals surface area contributed by atoms with Crippen LogP contribution in [0, 0.1) is 11.6 Å². The molecule has 0 amide bonds. The number of pyridine rings is 1. The number of rotatable bonds is 8. The number of anilines is 1. The van der Waals surface area contributed by atoms with E-state index in [0.29, 0.717) is 34.4 Å². The minimum atomic E-state index is -3.86. The maximum Gasteiger partial charge on any atom is 0.232 e. The smallest absolute Gasteiger partial charge is 0.232 e. The van der Waals surface area contributed by atoms with E-state index >= 15 is 4.39 Å². The first-order valence-corrected chi connectivity index (χ1v) is 12.7. The van der Waals surface area contributed by atoms with Crippen molar-refractivity contribution < 1.29 is 22.0 Å². The molecule has 0 atom stereocenters. The molecule has 2 N–H and O–H groups in total. The first kappa shape index (κ1) is 24.2. The van der Waals surface area contributed by atoms with Crippen molar-refractivity contribution in [2.75, 3.05) is 10.5 Å². The molecule has 0 aliphatic heterocycles. The lowest BCUT2D eigenvalue weighted by atomic mass is 10.0. The summed E-state index contributed by atoms with van der Waals surface area (Å²) in [5, 5.41) is 4.59. The van der Waals surface area contributed by atoms with Crippen LogP contribution >= 0.6 is 0 Å². The van der Waals surface area contributed by atoms with Gasteiger partial charge in [0.2, 0.25) is 15.8 Å². The van der Waals surface area contributed by atoms with Crippen molar-refractivity contribution >= 4 is 32.5 Å². The molecule has 0 spiro atoms. The minimum absolute atomic E-state index is 0.0305. The van der Waals surface area contributed by atoms with Crippen LogP contribution in [-0.4, -0.2) is 49.7 Å². The van der Waals surface area contributed by atoms with Crippen LogP contribution in [0.5, 0.6) is 0 Å². The number of carbonyl (C=O) groups excluding carboxylic acids is 1. The Morgan fingerprint density at radius 1 is 1.11 bits per heavy atom. The highest BCUT2D eigenvalue weighted by Gasteiger charge is 2.26. The van der Waals surface area contributed by atoms with Gasteiger partial charge >= 0.3 is 0 Å². The third-order valence-corrected chi connectivity index (χ3v) is 7.01. The zero-order chi connectivity index (χ0) is 26.2. The molecule has 37 heavy (non-hydrogen) atoms. The van der Waals surface area contributed by atoms with Gasteiger partial charge in [0, 0.05) is 53.1 Å². The molecule has 4 heterocycles. The third-order valence-electron chi connectivity index (χ3n) is 5.53. The lowest BCUT2D eigenvalue weighted by Gasteiger charge is -2.11. The molecular weight excluding hydrogens is 504 g/mol. The van der Waals surface area contributed by atoms with Crippen LogP contribution in [0.4, 0.5) is 14.5 Å². The molecule has 5 aromatic rings. The largest absolute Gasteiger partial charge is 0.345 e. The van der Waals surface area contributed by atoms with E-state index < -0.39 is 38.7 Å². The van der Waals surface area contributed by atoms with Crippen LogP contribution in [0.2, 0.25) is 0 Å². The average Bonchev–Trinajstić information content (AvgIpc) is 3.53. The lowest BCUT2D eigenvalue weighted by Crippen LogP contribution is -2.18. The Labute approximate surface area is 209 Å². The number of hydrogen-bond acceptors (Lipinski definition) is 7. The number of benzene rings is 1. The monoisotopic (exact) mass is 523 g/mol. The van der Waals surface area contributed by atoms with Crippen molar-refractivity contribution in [1.82, 2.24) is 29.7 Å². The normalized spacial score (nSPS) is 11.6. The highest BCUT2D eigenvalue weighted by Crippen LogP contribution is 2.29. The van der Waals surface area contributed by atoms with Crippen LogP contribution in [0.25, 0.3) is 28.0 Å². The van der Waals surface area contributed by atoms with Gasteiger partial charge in [-0.15, -0.1) is 0 Å². The molecule has 188 valence electrons. The van der Waals surface area contributed by atoms with Crippen molar-refractivity contribution in [3.63, 3.8) is 0 Å². The van der Waals surface area contributed by atoms with E-state index in [4.69, 9.17) is 0 Å². The van der Waals surface area contributed by atoms with Crippen LogP contribution < -0.4 is 4.72 Å². The summed E-state index contributed by atoms with van der Waals surface area (Å²) in [5.41, 5.74) is 0.167. The Bertz CT molecular complexity index is 1730. The number of nitrogens with zero attached hydrogens (tertiary/aromatic N) is 5. The van der Waals surface area contributed by atoms with Gasteiger partial charge in [0.05, 0.1) is 29.4 Å². The molecule has 0 saturated carbocycles. The second-order valence-corrected chi connectivity index (χ2v) is 9.94. The predicted octanol–water partition coefficient (Wildman–Crippen LogP) is 3.87. The molecule has 0 saturated heterocycles. The fourth-order valence-electron chi connectivity index (χ4n) is 3.82. The number of hydrogen-bond donors (Lipinski definition) is 2. The van der Waals surface area contributed by atoms with Gasteiger partial charge in [-0.2, -0.15) is 5.10 Å². The number of halogens is 2. The van der Waals surface area contributed by atoms with E-state index in [1.807, 2.05) is 0 Å². The topological polar surface area (TPSA) is 136 Å². The Hall–Kier alpha value is -4.52. The highest BCUT2D eigenvalue weighted by atomic mass is 32.2. The summed E-state index contributed by atoms with van der Waals surface area (Å²) < 4.78 is 57.7. The van der Waals surface area contributed by atoms with Crippen molar-refractivity contribution in [3.8, 4) is 16.9 Å². The zero-order valence-electron chi connectivity index (χ0n) is 19.3. The van der Waals surface area contributed by atoms with E-state index in [1.54, 1.807) is 37.8 Å². The second kappa shape index (κ2) is 9.50. The van der Waals surface area contributed by atoms with Gasteiger partial charge in [0.1, 0.15) is 11.5 Å². The van der Waals surface area contributed by atoms with Crippen LogP contribution in [0.1, 0.15) is 29.3 Å². The number of aromatic nitrogens is 6. The lowest BCUT2D eigenvalue weighted by molar-refractivity contribution is 0.103. The minimum Gasteiger partial charge on any atom is -0.345 e. The Kier molecular flexibility index (Phi) is 6.21. The van der Waals surface area contributed by atoms with E-state index in [0.717, 1.165) is 12.1 Å². The molecule has 10 nitrogen and oxygen atoms in total. The van der Waals surface area contributed by atoms with E-state index in [9.17, 15) is 17.6 Å². The summed E-state index contributed by atoms with van der Waals surface area (Å²) >= 11 is 0. The SMILES string of the molecule is CCCS(=O)(=O)Nc1ccc(F)c(C(=O)c2c[nH]c3ncc(-c4cnn(-c5cnccn5)c4)cc23)c1F. The van der Waals surface area contributed by atoms with Crippen LogP contribution in [0.15, 0.2) is 61.6 Å². The van der Waals surface area contributed by atoms with Gasteiger partial charge in [-0.1, -0.05) is 6.92 Å². The first-order valence-electron chi connectivity index (χ1n) is 11.1. The van der Waals surface area contributed by atoms with E-state index in [-0.39, 0.29) is 11.3 Å². The average molecular weight is 524 g/mol. The molecule has 1 aromatic carbocycles. The molecule has 0 bridgehead atoms. The number of fused-ring (bicyclic) bond motifs is 1. The van der Waals surface area contributed by atoms with Crippen molar-refractivity contribution in [2.24, 2.45) is 0 Å². The number of H-pyrrole nitrogens is 1. The van der Waals surface area contributed by atoms with Gasteiger partial charge < -0.3 is 4.98 Å². The summed E-state index contributed by atoms with van der Waals surface area (Å²) in [4.78, 5) is 28.6. The Morgan fingerprint density at radius 2 is 1.95 bits per heavy atom. The quantitative estimate of drug-likeness (QED) is 0.295. The van der Waals surface area contributed by atoms with Gasteiger partial charge in [-0.25, -0.2) is 31.8 Å². The number of aromatic amines is 1. The Balaban J connectivity index is 1.53. The van der Waals surface area contributed by atoms with Crippen molar-refractivity contribution in [1.29, 1.82) is 0 Å². The summed E-state index contributed by atoms with van der Waals surface area (Å²) in [7, 11) is -3.86. The molecule has 0 unspecified atom stereocenters. The van der Waals surface area contributed by atoms with Crippen LogP contribution in [0.3, 0.4) is 0 Å². The van der Waals surface area contributed by atoms with Gasteiger partial charge in [-0.3, -0.25) is 14.5 Å². The number of ketones is 1. The summed E-state index contributed by atoms with van der Waals surface area (Å²) in [6.07, 6.45) is 11.1. The standard InChI is InChI=1S/C24H19F2N7O3S/c1-2-7-37(35,36)32-19-4-3-18(25)21(22(19)26)23(34)17-11-30-24-16(17)8-14(9-29-24)15-10-31-33(13-15)20-12-27-5-6-28-20/h3-6,8-13,32H,2,7H2,1H3,(H,29,30). The molecule has 5 rings (SSSR count). The molecule has 4 aromatic heterocycles. The summed E-state index contributed by atoms with van der Waals surface area (Å²) in [6.45, 7) is 1.65. The number of nitrogens with one attached hydrogen (secondary N) is 2. The van der Waals surface area contributed by atoms with Crippen LogP contribution in [-0.2, 0) is 10.0 Å². The fraction of sp³-hybridized carbons (Fsp3) is 0.125. The first-order chi connectivity index (χ1) is 17.8. The van der Waals surface area contributed by atoms with Gasteiger partial charge in [-0.05, 0) is 24.6 Å². The number of carbonyl (C=O) groups is 1. The molecule has 0 aliphatic carbocycles. The molecule has 13 heteroatoms. The maximum atomic E-state index is 15.2. The highest BCUT2D eigenvalue weighted by molar-refractivity contribution is 7.92. The molecule has 0 radical (unpaired) electrons. The van der Waals surface area contributed by atoms with Gasteiger partial charge in [0.25, 0.3) is 0 Å². The zero-order valence-corrected chi connectivity index (χ0v) is 20.1.